The van der Waals surface area contributed by atoms with Gasteiger partial charge in [0.25, 0.3) is 10.0 Å². The van der Waals surface area contributed by atoms with Gasteiger partial charge in [0.2, 0.25) is 5.91 Å². The highest BCUT2D eigenvalue weighted by Gasteiger charge is 2.32. The van der Waals surface area contributed by atoms with E-state index in [-0.39, 0.29) is 41.8 Å². The smallest absolute Gasteiger partial charge is 0.270 e. The van der Waals surface area contributed by atoms with E-state index in [1.54, 1.807) is 60.7 Å². The van der Waals surface area contributed by atoms with E-state index in [4.69, 9.17) is 4.74 Å². The van der Waals surface area contributed by atoms with Crippen molar-refractivity contribution >= 4 is 58.6 Å². The maximum atomic E-state index is 14.1. The topological polar surface area (TPSA) is 97.1 Å². The number of nitrogens with zero attached hydrogens (tertiary/aromatic N) is 4. The molecule has 9 nitrogen and oxygen atoms in total. The molecular formula is C34H44Cl2N4O5S. The Kier molecular flexibility index (Phi) is 14.3. The van der Waals surface area contributed by atoms with Gasteiger partial charge >= 0.3 is 0 Å². The fourth-order valence-corrected chi connectivity index (χ4v) is 7.61. The summed E-state index contributed by atoms with van der Waals surface area (Å²) in [5.74, 6) is 0.0495. The summed E-state index contributed by atoms with van der Waals surface area (Å²) < 4.78 is 35.0. The lowest BCUT2D eigenvalue weighted by atomic mass is 10.00. The minimum atomic E-state index is -4.23. The first-order valence-electron chi connectivity index (χ1n) is 15.5. The average molecular weight is 692 g/mol. The van der Waals surface area contributed by atoms with Gasteiger partial charge in [-0.3, -0.25) is 4.79 Å². The van der Waals surface area contributed by atoms with Gasteiger partial charge in [-0.2, -0.15) is 4.73 Å². The fraction of sp³-hybridized carbons (Fsp3) is 0.412. The van der Waals surface area contributed by atoms with Crippen LogP contribution in [0.5, 0.6) is 5.75 Å². The van der Waals surface area contributed by atoms with Crippen molar-refractivity contribution in [1.82, 2.24) is 9.80 Å². The van der Waals surface area contributed by atoms with E-state index < -0.39 is 15.9 Å². The van der Waals surface area contributed by atoms with Crippen LogP contribution in [0.1, 0.15) is 56.1 Å². The van der Waals surface area contributed by atoms with Gasteiger partial charge in [0.15, 0.2) is 12.4 Å². The Bertz CT molecular complexity index is 1520. The summed E-state index contributed by atoms with van der Waals surface area (Å²) in [6, 6.07) is 17.0. The molecule has 0 unspecified atom stereocenters. The minimum absolute atomic E-state index is 0. The quantitative estimate of drug-likeness (QED) is 0.186. The van der Waals surface area contributed by atoms with Crippen molar-refractivity contribution in [2.45, 2.75) is 55.9 Å². The van der Waals surface area contributed by atoms with Gasteiger partial charge in [0, 0.05) is 24.6 Å². The van der Waals surface area contributed by atoms with Crippen LogP contribution in [0.4, 0.5) is 5.69 Å². The number of sulfonamides is 1. The lowest BCUT2D eigenvalue weighted by molar-refractivity contribution is -0.605. The van der Waals surface area contributed by atoms with Crippen LogP contribution >= 0.6 is 24.8 Å². The Hall–Kier alpha value is -3.15. The summed E-state index contributed by atoms with van der Waals surface area (Å²) in [7, 11) is -2.72. The second-order valence-electron chi connectivity index (χ2n) is 11.5. The van der Waals surface area contributed by atoms with Crippen molar-refractivity contribution in [3.8, 4) is 5.75 Å². The molecule has 1 aromatic heterocycles. The molecule has 3 heterocycles. The van der Waals surface area contributed by atoms with E-state index in [0.717, 1.165) is 42.3 Å². The van der Waals surface area contributed by atoms with Gasteiger partial charge in [-0.1, -0.05) is 36.8 Å². The number of halogens is 2. The number of methoxy groups -OCH3 is 1. The van der Waals surface area contributed by atoms with Crippen molar-refractivity contribution in [3.05, 3.63) is 89.4 Å². The van der Waals surface area contributed by atoms with Gasteiger partial charge in [-0.05, 0) is 106 Å². The van der Waals surface area contributed by atoms with E-state index in [0.29, 0.717) is 28.5 Å². The predicted molar refractivity (Wildman–Crippen MR) is 187 cm³/mol. The molecule has 2 fully saturated rings. The molecule has 3 aromatic rings. The number of carbonyl (C=O) groups excluding carboxylic acids is 1. The molecule has 0 radical (unpaired) electrons. The Labute approximate surface area is 285 Å². The molecule has 2 saturated heterocycles. The Morgan fingerprint density at radius 2 is 1.59 bits per heavy atom. The summed E-state index contributed by atoms with van der Waals surface area (Å²) in [5.41, 5.74) is 1.62. The van der Waals surface area contributed by atoms with Crippen LogP contribution < -0.4 is 13.8 Å². The number of pyridine rings is 1. The number of rotatable bonds is 11. The number of amides is 1. The third-order valence-electron chi connectivity index (χ3n) is 8.59. The number of benzene rings is 2. The van der Waals surface area contributed by atoms with Crippen molar-refractivity contribution in [3.63, 3.8) is 0 Å². The van der Waals surface area contributed by atoms with Crippen LogP contribution in [0.25, 0.3) is 12.2 Å². The monoisotopic (exact) mass is 690 g/mol. The van der Waals surface area contributed by atoms with Crippen molar-refractivity contribution < 1.29 is 22.7 Å². The maximum absolute atomic E-state index is 14.1. The number of para-hydroxylation sites is 1. The summed E-state index contributed by atoms with van der Waals surface area (Å²) in [6.07, 6.45) is 13.2. The standard InChI is InChI=1S/C34H42N4O5S.2ClH/c1-43-31-13-15-32(16-14-31)44(41,42)38(33-9-4-3-8-29(33)12-11-28-17-26-37(40)27-18-28)34(39)10-7-21-35-24-19-30(20-25-35)36-22-5-2-6-23-36;;/h3-4,8-9,11-18,26-27,30H,2,5-7,10,19-25H2,1H3;2*1H. The molecule has 1 amide bonds. The molecule has 5 rings (SSSR count). The Morgan fingerprint density at radius 1 is 0.935 bits per heavy atom. The van der Waals surface area contributed by atoms with Gasteiger partial charge in [0.05, 0.1) is 17.7 Å². The lowest BCUT2D eigenvalue weighted by Gasteiger charge is -2.40. The summed E-state index contributed by atoms with van der Waals surface area (Å²) in [4.78, 5) is 18.9. The predicted octanol–water partition coefficient (Wildman–Crippen LogP) is 5.80. The van der Waals surface area contributed by atoms with E-state index >= 15 is 0 Å². The summed E-state index contributed by atoms with van der Waals surface area (Å²) >= 11 is 0. The van der Waals surface area contributed by atoms with Gasteiger partial charge in [-0.15, -0.1) is 24.8 Å². The SMILES string of the molecule is COc1ccc(S(=O)(=O)N(C(=O)CCCN2CCC(N3CCCCC3)CC2)c2ccccc2C=Cc2cc[n+]([O-])cc2)cc1.Cl.Cl. The first-order valence-corrected chi connectivity index (χ1v) is 16.9. The highest BCUT2D eigenvalue weighted by atomic mass is 35.5. The van der Waals surface area contributed by atoms with Crippen LogP contribution in [0, 0.1) is 5.21 Å². The van der Waals surface area contributed by atoms with E-state index in [2.05, 4.69) is 9.80 Å². The highest BCUT2D eigenvalue weighted by Crippen LogP contribution is 2.31. The number of ether oxygens (including phenoxy) is 1. The molecule has 2 aromatic carbocycles. The second-order valence-corrected chi connectivity index (χ2v) is 13.3. The molecular weight excluding hydrogens is 647 g/mol. The first-order chi connectivity index (χ1) is 21.3. The molecule has 0 N–H and O–H groups in total. The number of anilines is 1. The highest BCUT2D eigenvalue weighted by molar-refractivity contribution is 7.93. The molecule has 2 aliphatic heterocycles. The number of hydrogen-bond donors (Lipinski definition) is 0. The maximum Gasteiger partial charge on any atom is 0.270 e. The van der Waals surface area contributed by atoms with Crippen molar-refractivity contribution in [1.29, 1.82) is 0 Å². The molecule has 0 saturated carbocycles. The lowest BCUT2D eigenvalue weighted by Crippen LogP contribution is -2.47. The number of aromatic nitrogens is 1. The molecule has 0 atom stereocenters. The molecule has 12 heteroatoms. The van der Waals surface area contributed by atoms with Crippen LogP contribution in [-0.4, -0.2) is 70.0 Å². The largest absolute Gasteiger partial charge is 0.619 e. The summed E-state index contributed by atoms with van der Waals surface area (Å²) in [6.45, 7) is 5.18. The Balaban J connectivity index is 0.00000288. The molecule has 0 bridgehead atoms. The van der Waals surface area contributed by atoms with E-state index in [9.17, 15) is 18.4 Å². The number of hydrogen-bond acceptors (Lipinski definition) is 7. The van der Waals surface area contributed by atoms with Gasteiger partial charge in [-0.25, -0.2) is 12.7 Å². The number of carbonyl (C=O) groups is 1. The average Bonchev–Trinajstić information content (AvgIpc) is 3.06. The van der Waals surface area contributed by atoms with E-state index in [1.807, 2.05) is 0 Å². The van der Waals surface area contributed by atoms with Crippen LogP contribution in [0.2, 0.25) is 0 Å². The zero-order chi connectivity index (χ0) is 30.9. The van der Waals surface area contributed by atoms with Crippen LogP contribution in [0.15, 0.2) is 78.0 Å². The summed E-state index contributed by atoms with van der Waals surface area (Å²) in [5, 5.41) is 11.4. The van der Waals surface area contributed by atoms with Gasteiger partial charge in [0.1, 0.15) is 5.75 Å². The third-order valence-corrected chi connectivity index (χ3v) is 10.3. The molecule has 2 aliphatic rings. The number of piperidine rings is 2. The minimum Gasteiger partial charge on any atom is -0.619 e. The fourth-order valence-electron chi connectivity index (χ4n) is 6.13. The first kappa shape index (κ1) is 37.3. The van der Waals surface area contributed by atoms with Crippen molar-refractivity contribution in [2.75, 3.05) is 44.1 Å². The van der Waals surface area contributed by atoms with Crippen molar-refractivity contribution in [2.24, 2.45) is 0 Å². The third kappa shape index (κ3) is 9.45. The number of likely N-dealkylation sites (tertiary alicyclic amines) is 2. The Morgan fingerprint density at radius 3 is 2.24 bits per heavy atom. The second kappa shape index (κ2) is 17.7. The molecule has 0 aliphatic carbocycles. The van der Waals surface area contributed by atoms with Crippen LogP contribution in [-0.2, 0) is 14.8 Å². The normalized spacial score (nSPS) is 16.4. The van der Waals surface area contributed by atoms with Gasteiger partial charge < -0.3 is 19.7 Å². The zero-order valence-corrected chi connectivity index (χ0v) is 28.6. The van der Waals surface area contributed by atoms with Crippen LogP contribution in [0.3, 0.4) is 0 Å². The molecule has 46 heavy (non-hydrogen) atoms. The molecule has 0 spiro atoms. The molecule has 250 valence electrons. The van der Waals surface area contributed by atoms with E-state index in [1.165, 1.54) is 64.0 Å². The zero-order valence-electron chi connectivity index (χ0n) is 26.2.